The normalized spacial score (nSPS) is 15.1. The van der Waals surface area contributed by atoms with E-state index in [1.807, 2.05) is 24.3 Å². The first-order valence-corrected chi connectivity index (χ1v) is 9.64. The fourth-order valence-corrected chi connectivity index (χ4v) is 4.15. The van der Waals surface area contributed by atoms with E-state index < -0.39 is 5.82 Å². The number of amides is 2. The SMILES string of the molecule is O=C(Nc1nc2ccccc2s1)C1CCN(C(=O)c2ccccc2F)CC1. The van der Waals surface area contributed by atoms with Crippen LogP contribution in [0.15, 0.2) is 48.5 Å². The van der Waals surface area contributed by atoms with Gasteiger partial charge in [-0.2, -0.15) is 0 Å². The van der Waals surface area contributed by atoms with Crippen molar-refractivity contribution in [2.75, 3.05) is 18.4 Å². The van der Waals surface area contributed by atoms with Crippen molar-refractivity contribution in [1.82, 2.24) is 9.88 Å². The number of carbonyl (C=O) groups excluding carboxylic acids is 2. The van der Waals surface area contributed by atoms with E-state index in [0.717, 1.165) is 10.2 Å². The van der Waals surface area contributed by atoms with Gasteiger partial charge in [-0.15, -0.1) is 0 Å². The molecule has 0 aliphatic carbocycles. The number of nitrogens with zero attached hydrogens (tertiary/aromatic N) is 2. The number of anilines is 1. The number of fused-ring (bicyclic) bond motifs is 1. The van der Waals surface area contributed by atoms with Crippen LogP contribution < -0.4 is 5.32 Å². The number of halogens is 1. The van der Waals surface area contributed by atoms with Crippen molar-refractivity contribution in [3.63, 3.8) is 0 Å². The molecule has 0 atom stereocenters. The number of nitrogens with one attached hydrogen (secondary N) is 1. The van der Waals surface area contributed by atoms with E-state index in [2.05, 4.69) is 10.3 Å². The van der Waals surface area contributed by atoms with Gasteiger partial charge >= 0.3 is 0 Å². The molecule has 1 aromatic heterocycles. The number of hydrogen-bond donors (Lipinski definition) is 1. The number of rotatable bonds is 3. The van der Waals surface area contributed by atoms with Gasteiger partial charge in [-0.05, 0) is 37.1 Å². The third-order valence-electron chi connectivity index (χ3n) is 4.78. The monoisotopic (exact) mass is 383 g/mol. The molecular weight excluding hydrogens is 365 g/mol. The lowest BCUT2D eigenvalue weighted by Gasteiger charge is -2.31. The van der Waals surface area contributed by atoms with Crippen molar-refractivity contribution in [1.29, 1.82) is 0 Å². The molecule has 2 aromatic carbocycles. The summed E-state index contributed by atoms with van der Waals surface area (Å²) in [6, 6.07) is 13.7. The van der Waals surface area contributed by atoms with Gasteiger partial charge in [0.15, 0.2) is 5.13 Å². The van der Waals surface area contributed by atoms with E-state index in [0.29, 0.717) is 31.1 Å². The quantitative estimate of drug-likeness (QED) is 0.746. The molecule has 2 heterocycles. The summed E-state index contributed by atoms with van der Waals surface area (Å²) in [6.07, 6.45) is 1.11. The zero-order valence-electron chi connectivity index (χ0n) is 14.5. The fourth-order valence-electron chi connectivity index (χ4n) is 3.28. The summed E-state index contributed by atoms with van der Waals surface area (Å²) in [6.45, 7) is 0.871. The summed E-state index contributed by atoms with van der Waals surface area (Å²) in [4.78, 5) is 31.0. The van der Waals surface area contributed by atoms with Crippen LogP contribution in [0.4, 0.5) is 9.52 Å². The molecule has 4 rings (SSSR count). The highest BCUT2D eigenvalue weighted by Crippen LogP contribution is 2.27. The molecule has 1 aliphatic heterocycles. The van der Waals surface area contributed by atoms with Crippen LogP contribution in [-0.4, -0.2) is 34.8 Å². The molecule has 5 nitrogen and oxygen atoms in total. The smallest absolute Gasteiger partial charge is 0.256 e. The zero-order chi connectivity index (χ0) is 18.8. The molecule has 1 saturated heterocycles. The van der Waals surface area contributed by atoms with Crippen molar-refractivity contribution in [3.8, 4) is 0 Å². The maximum atomic E-state index is 13.8. The highest BCUT2D eigenvalue weighted by molar-refractivity contribution is 7.22. The summed E-state index contributed by atoms with van der Waals surface area (Å²) < 4.78 is 14.8. The standard InChI is InChI=1S/C20H18FN3O2S/c21-15-6-2-1-5-14(15)19(26)24-11-9-13(10-12-24)18(25)23-20-22-16-7-3-4-8-17(16)27-20/h1-8,13H,9-12H2,(H,22,23,25). The Morgan fingerprint density at radius 3 is 2.52 bits per heavy atom. The van der Waals surface area contributed by atoms with Crippen molar-refractivity contribution in [3.05, 3.63) is 59.9 Å². The molecule has 0 radical (unpaired) electrons. The molecule has 0 spiro atoms. The van der Waals surface area contributed by atoms with Crippen LogP contribution in [0.1, 0.15) is 23.2 Å². The Bertz CT molecular complexity index is 963. The second-order valence-electron chi connectivity index (χ2n) is 6.52. The van der Waals surface area contributed by atoms with Gasteiger partial charge in [-0.3, -0.25) is 9.59 Å². The van der Waals surface area contributed by atoms with Crippen LogP contribution in [0.2, 0.25) is 0 Å². The van der Waals surface area contributed by atoms with E-state index in [1.165, 1.54) is 23.5 Å². The molecular formula is C20H18FN3O2S. The molecule has 1 N–H and O–H groups in total. The van der Waals surface area contributed by atoms with Gasteiger partial charge in [-0.25, -0.2) is 9.37 Å². The summed E-state index contributed by atoms with van der Waals surface area (Å²) >= 11 is 1.44. The van der Waals surface area contributed by atoms with Gasteiger partial charge in [0, 0.05) is 19.0 Å². The first-order valence-electron chi connectivity index (χ1n) is 8.82. The number of thiazole rings is 1. The third-order valence-corrected chi connectivity index (χ3v) is 5.73. The number of para-hydroxylation sites is 1. The van der Waals surface area contributed by atoms with Crippen LogP contribution in [-0.2, 0) is 4.79 Å². The van der Waals surface area contributed by atoms with Gasteiger partial charge in [0.05, 0.1) is 15.8 Å². The zero-order valence-corrected chi connectivity index (χ0v) is 15.3. The molecule has 0 bridgehead atoms. The topological polar surface area (TPSA) is 62.3 Å². The summed E-state index contributed by atoms with van der Waals surface area (Å²) in [5.74, 6) is -1.09. The van der Waals surface area contributed by atoms with Crippen LogP contribution in [0.3, 0.4) is 0 Å². The minimum Gasteiger partial charge on any atom is -0.339 e. The lowest BCUT2D eigenvalue weighted by Crippen LogP contribution is -2.41. The van der Waals surface area contributed by atoms with Gasteiger partial charge in [0.1, 0.15) is 5.82 Å². The number of piperidine rings is 1. The van der Waals surface area contributed by atoms with Crippen molar-refractivity contribution in [2.45, 2.75) is 12.8 Å². The Labute approximate surface area is 159 Å². The van der Waals surface area contributed by atoms with E-state index in [-0.39, 0.29) is 23.3 Å². The van der Waals surface area contributed by atoms with E-state index in [4.69, 9.17) is 0 Å². The summed E-state index contributed by atoms with van der Waals surface area (Å²) in [7, 11) is 0. The lowest BCUT2D eigenvalue weighted by molar-refractivity contribution is -0.121. The van der Waals surface area contributed by atoms with Gasteiger partial charge in [0.2, 0.25) is 5.91 Å². The molecule has 3 aromatic rings. The minimum absolute atomic E-state index is 0.0768. The van der Waals surface area contributed by atoms with E-state index in [9.17, 15) is 14.0 Å². The minimum atomic E-state index is -0.516. The first kappa shape index (κ1) is 17.6. The second-order valence-corrected chi connectivity index (χ2v) is 7.55. The maximum Gasteiger partial charge on any atom is 0.256 e. The Morgan fingerprint density at radius 2 is 1.78 bits per heavy atom. The number of benzene rings is 2. The van der Waals surface area contributed by atoms with Crippen molar-refractivity contribution in [2.24, 2.45) is 5.92 Å². The van der Waals surface area contributed by atoms with Crippen LogP contribution in [0.5, 0.6) is 0 Å². The predicted molar refractivity (Wildman–Crippen MR) is 103 cm³/mol. The Balaban J connectivity index is 1.36. The Hall–Kier alpha value is -2.80. The Morgan fingerprint density at radius 1 is 1.07 bits per heavy atom. The molecule has 1 aliphatic rings. The molecule has 0 unspecified atom stereocenters. The van der Waals surface area contributed by atoms with Crippen LogP contribution >= 0.6 is 11.3 Å². The highest BCUT2D eigenvalue weighted by Gasteiger charge is 2.29. The highest BCUT2D eigenvalue weighted by atomic mass is 32.1. The predicted octanol–water partition coefficient (Wildman–Crippen LogP) is 3.93. The summed E-state index contributed by atoms with van der Waals surface area (Å²) in [5.41, 5.74) is 0.943. The summed E-state index contributed by atoms with van der Waals surface area (Å²) in [5, 5.41) is 3.48. The second kappa shape index (κ2) is 7.44. The van der Waals surface area contributed by atoms with Gasteiger partial charge < -0.3 is 10.2 Å². The third kappa shape index (κ3) is 3.68. The average Bonchev–Trinajstić information content (AvgIpc) is 3.10. The van der Waals surface area contributed by atoms with Crippen LogP contribution in [0.25, 0.3) is 10.2 Å². The fraction of sp³-hybridized carbons (Fsp3) is 0.250. The molecule has 7 heteroatoms. The number of aromatic nitrogens is 1. The average molecular weight is 383 g/mol. The van der Waals surface area contributed by atoms with Crippen LogP contribution in [0, 0.1) is 11.7 Å². The molecule has 1 fully saturated rings. The number of hydrogen-bond acceptors (Lipinski definition) is 4. The number of likely N-dealkylation sites (tertiary alicyclic amines) is 1. The largest absolute Gasteiger partial charge is 0.339 e. The van der Waals surface area contributed by atoms with Gasteiger partial charge in [-0.1, -0.05) is 35.6 Å². The van der Waals surface area contributed by atoms with Crippen molar-refractivity contribution < 1.29 is 14.0 Å². The van der Waals surface area contributed by atoms with Gasteiger partial charge in [0.25, 0.3) is 5.91 Å². The molecule has 138 valence electrons. The number of carbonyl (C=O) groups is 2. The lowest BCUT2D eigenvalue weighted by atomic mass is 9.95. The Kier molecular flexibility index (Phi) is 4.85. The first-order chi connectivity index (χ1) is 13.1. The maximum absolute atomic E-state index is 13.8. The molecule has 2 amide bonds. The molecule has 0 saturated carbocycles. The molecule has 27 heavy (non-hydrogen) atoms. The van der Waals surface area contributed by atoms with Crippen molar-refractivity contribution >= 4 is 38.5 Å². The van der Waals surface area contributed by atoms with E-state index in [1.54, 1.807) is 17.0 Å². The van der Waals surface area contributed by atoms with E-state index >= 15 is 0 Å².